The molecule has 0 radical (unpaired) electrons. The Bertz CT molecular complexity index is 689. The Morgan fingerprint density at radius 1 is 1.27 bits per heavy atom. The van der Waals surface area contributed by atoms with Gasteiger partial charge in [-0.15, -0.1) is 5.10 Å². The molecule has 0 N–H and O–H groups in total. The highest BCUT2D eigenvalue weighted by Crippen LogP contribution is 2.38. The zero-order valence-corrected chi connectivity index (χ0v) is 12.7. The second-order valence-electron chi connectivity index (χ2n) is 5.34. The summed E-state index contributed by atoms with van der Waals surface area (Å²) in [5, 5.41) is 3.75. The number of aromatic nitrogens is 2. The molecule has 22 heavy (non-hydrogen) atoms. The number of nitrogens with zero attached hydrogens (tertiary/aromatic N) is 3. The summed E-state index contributed by atoms with van der Waals surface area (Å²) in [6, 6.07) is 6.02. The Hall–Kier alpha value is -2.15. The van der Waals surface area contributed by atoms with Crippen molar-refractivity contribution >= 4 is 17.4 Å². The van der Waals surface area contributed by atoms with E-state index in [1.807, 2.05) is 23.1 Å². The second-order valence-corrected chi connectivity index (χ2v) is 6.13. The van der Waals surface area contributed by atoms with Crippen LogP contribution < -0.4 is 9.47 Å². The number of hydrogen-bond donors (Lipinski definition) is 0. The van der Waals surface area contributed by atoms with Crippen LogP contribution in [0, 0.1) is 0 Å². The van der Waals surface area contributed by atoms with Gasteiger partial charge < -0.3 is 14.4 Å². The lowest BCUT2D eigenvalue weighted by molar-refractivity contribution is 0.0740. The highest BCUT2D eigenvalue weighted by molar-refractivity contribution is 7.07. The highest BCUT2D eigenvalue weighted by Gasteiger charge is 2.32. The summed E-state index contributed by atoms with van der Waals surface area (Å²) in [6.45, 7) is 1.91. The number of likely N-dealkylation sites (tertiary alicyclic amines) is 1. The quantitative estimate of drug-likeness (QED) is 0.850. The van der Waals surface area contributed by atoms with Crippen LogP contribution in [0.1, 0.15) is 34.1 Å². The zero-order valence-electron chi connectivity index (χ0n) is 11.9. The predicted octanol–water partition coefficient (Wildman–Crippen LogP) is 2.29. The van der Waals surface area contributed by atoms with E-state index in [1.54, 1.807) is 0 Å². The van der Waals surface area contributed by atoms with Crippen molar-refractivity contribution in [2.75, 3.05) is 19.8 Å². The number of ether oxygens (including phenoxy) is 2. The molecule has 1 aromatic carbocycles. The van der Waals surface area contributed by atoms with Crippen molar-refractivity contribution in [1.82, 2.24) is 14.5 Å². The van der Waals surface area contributed by atoms with Crippen molar-refractivity contribution in [2.24, 2.45) is 0 Å². The molecule has 114 valence electrons. The van der Waals surface area contributed by atoms with Gasteiger partial charge in [0.1, 0.15) is 18.1 Å². The molecule has 0 bridgehead atoms. The van der Waals surface area contributed by atoms with Crippen LogP contribution in [0.5, 0.6) is 11.5 Å². The monoisotopic (exact) mass is 317 g/mol. The summed E-state index contributed by atoms with van der Waals surface area (Å²) in [4.78, 5) is 15.1. The Morgan fingerprint density at radius 3 is 2.95 bits per heavy atom. The van der Waals surface area contributed by atoms with E-state index in [-0.39, 0.29) is 11.9 Å². The van der Waals surface area contributed by atoms with E-state index in [9.17, 15) is 4.79 Å². The van der Waals surface area contributed by atoms with Gasteiger partial charge in [-0.1, -0.05) is 10.6 Å². The first-order valence-electron chi connectivity index (χ1n) is 7.31. The van der Waals surface area contributed by atoms with Gasteiger partial charge in [0.15, 0.2) is 11.5 Å². The Balaban J connectivity index is 1.62. The lowest BCUT2D eigenvalue weighted by Gasteiger charge is -2.26. The van der Waals surface area contributed by atoms with E-state index >= 15 is 0 Å². The summed E-state index contributed by atoms with van der Waals surface area (Å²) in [6.07, 6.45) is 3.49. The van der Waals surface area contributed by atoms with E-state index in [2.05, 4.69) is 9.59 Å². The minimum atomic E-state index is 0.00684. The van der Waals surface area contributed by atoms with Crippen LogP contribution in [0.25, 0.3) is 0 Å². The molecule has 3 heterocycles. The average molecular weight is 317 g/mol. The van der Waals surface area contributed by atoms with Crippen molar-refractivity contribution in [3.8, 4) is 11.5 Å². The Labute approximate surface area is 131 Å². The van der Waals surface area contributed by atoms with Gasteiger partial charge in [-0.3, -0.25) is 4.79 Å². The molecular formula is C15H15N3O3S. The summed E-state index contributed by atoms with van der Waals surface area (Å²) >= 11 is 1.14. The first-order chi connectivity index (χ1) is 10.8. The van der Waals surface area contributed by atoms with Crippen LogP contribution >= 0.6 is 11.5 Å². The summed E-state index contributed by atoms with van der Waals surface area (Å²) in [5.41, 5.74) is 1.09. The number of benzene rings is 1. The van der Waals surface area contributed by atoms with E-state index in [0.717, 1.165) is 48.0 Å². The van der Waals surface area contributed by atoms with Crippen molar-refractivity contribution in [3.63, 3.8) is 0 Å². The third kappa shape index (κ3) is 2.31. The van der Waals surface area contributed by atoms with Crippen molar-refractivity contribution in [3.05, 3.63) is 34.8 Å². The Kier molecular flexibility index (Phi) is 3.42. The normalized spacial score (nSPS) is 20.2. The van der Waals surface area contributed by atoms with Gasteiger partial charge in [0.25, 0.3) is 5.91 Å². The average Bonchev–Trinajstić information content (AvgIpc) is 3.25. The van der Waals surface area contributed by atoms with Crippen LogP contribution in [0.3, 0.4) is 0 Å². The van der Waals surface area contributed by atoms with E-state index in [0.29, 0.717) is 18.1 Å². The molecule has 1 atom stereocenters. The Morgan fingerprint density at radius 2 is 2.14 bits per heavy atom. The maximum atomic E-state index is 12.6. The minimum Gasteiger partial charge on any atom is -0.486 e. The molecule has 0 spiro atoms. The number of fused-ring (bicyclic) bond motifs is 1. The van der Waals surface area contributed by atoms with Crippen LogP contribution in [0.4, 0.5) is 0 Å². The topological polar surface area (TPSA) is 64.6 Å². The fourth-order valence-corrected chi connectivity index (χ4v) is 3.50. The summed E-state index contributed by atoms with van der Waals surface area (Å²) < 4.78 is 15.0. The van der Waals surface area contributed by atoms with Crippen LogP contribution in [-0.4, -0.2) is 40.2 Å². The highest BCUT2D eigenvalue weighted by atomic mass is 32.1. The fourth-order valence-electron chi connectivity index (χ4n) is 3.03. The van der Waals surface area contributed by atoms with Gasteiger partial charge in [0.05, 0.1) is 12.2 Å². The van der Waals surface area contributed by atoms with Gasteiger partial charge in [0, 0.05) is 6.54 Å². The molecule has 2 aliphatic heterocycles. The molecule has 4 rings (SSSR count). The van der Waals surface area contributed by atoms with Gasteiger partial charge in [0.2, 0.25) is 0 Å². The molecular weight excluding hydrogens is 302 g/mol. The molecule has 0 aliphatic carbocycles. The van der Waals surface area contributed by atoms with Gasteiger partial charge in [-0.05, 0) is 42.1 Å². The van der Waals surface area contributed by atoms with Crippen molar-refractivity contribution < 1.29 is 14.3 Å². The molecule has 1 amide bonds. The molecule has 6 nitrogen and oxygen atoms in total. The van der Waals surface area contributed by atoms with Crippen molar-refractivity contribution in [2.45, 2.75) is 18.9 Å². The fraction of sp³-hybridized carbons (Fsp3) is 0.400. The smallest absolute Gasteiger partial charge is 0.267 e. The second kappa shape index (κ2) is 5.57. The molecule has 1 aromatic heterocycles. The number of amides is 1. The van der Waals surface area contributed by atoms with E-state index in [4.69, 9.17) is 9.47 Å². The van der Waals surface area contributed by atoms with E-state index in [1.165, 1.54) is 6.20 Å². The van der Waals surface area contributed by atoms with E-state index < -0.39 is 0 Å². The third-order valence-corrected chi connectivity index (χ3v) is 4.69. The lowest BCUT2D eigenvalue weighted by atomic mass is 10.0. The van der Waals surface area contributed by atoms with Gasteiger partial charge >= 0.3 is 0 Å². The SMILES string of the molecule is O=C(c1cnns1)N1CCCC1c1ccc2c(c1)OCCO2. The van der Waals surface area contributed by atoms with Crippen molar-refractivity contribution in [1.29, 1.82) is 0 Å². The molecule has 1 saturated heterocycles. The lowest BCUT2D eigenvalue weighted by Crippen LogP contribution is -2.30. The largest absolute Gasteiger partial charge is 0.486 e. The number of carbonyl (C=O) groups is 1. The molecule has 1 unspecified atom stereocenters. The maximum absolute atomic E-state index is 12.6. The molecule has 0 saturated carbocycles. The first-order valence-corrected chi connectivity index (χ1v) is 8.08. The summed E-state index contributed by atoms with van der Waals surface area (Å²) in [7, 11) is 0. The van der Waals surface area contributed by atoms with Crippen LogP contribution in [0.2, 0.25) is 0 Å². The minimum absolute atomic E-state index is 0.00684. The van der Waals surface area contributed by atoms with Crippen LogP contribution in [-0.2, 0) is 0 Å². The van der Waals surface area contributed by atoms with Crippen LogP contribution in [0.15, 0.2) is 24.4 Å². The zero-order chi connectivity index (χ0) is 14.9. The van der Waals surface area contributed by atoms with Gasteiger partial charge in [-0.25, -0.2) is 0 Å². The maximum Gasteiger partial charge on any atom is 0.267 e. The number of carbonyl (C=O) groups excluding carboxylic acids is 1. The number of rotatable bonds is 2. The molecule has 2 aliphatic rings. The molecule has 2 aromatic rings. The molecule has 7 heteroatoms. The first kappa shape index (κ1) is 13.5. The summed E-state index contributed by atoms with van der Waals surface area (Å²) in [5.74, 6) is 1.55. The predicted molar refractivity (Wildman–Crippen MR) is 80.4 cm³/mol. The third-order valence-electron chi connectivity index (χ3n) is 4.04. The van der Waals surface area contributed by atoms with Gasteiger partial charge in [-0.2, -0.15) is 0 Å². The number of hydrogen-bond acceptors (Lipinski definition) is 6. The standard InChI is InChI=1S/C15H15N3O3S/c19-15(14-9-16-17-22-14)18-5-1-2-11(18)10-3-4-12-13(8-10)21-7-6-20-12/h3-4,8-9,11H,1-2,5-7H2. The molecule has 1 fully saturated rings.